The van der Waals surface area contributed by atoms with E-state index in [-0.39, 0.29) is 13.2 Å². The molecule has 0 bridgehead atoms. The first-order chi connectivity index (χ1) is 9.47. The summed E-state index contributed by atoms with van der Waals surface area (Å²) in [5.41, 5.74) is 6.14. The Hall–Kier alpha value is -2.21. The molecule has 1 rings (SSSR count). The third kappa shape index (κ3) is 3.64. The fourth-order valence-corrected chi connectivity index (χ4v) is 2.15. The molecule has 1 aliphatic rings. The maximum Gasteiger partial charge on any atom is 0.410 e. The molecule has 1 saturated heterocycles. The smallest absolute Gasteiger partial charge is 0.410 e. The van der Waals surface area contributed by atoms with Gasteiger partial charge in [0.2, 0.25) is 4.91 Å². The molecule has 0 saturated carbocycles. The molecule has 0 aromatic carbocycles. The highest BCUT2D eigenvalue weighted by atomic mass is 16.6. The Kier molecular flexibility index (Phi) is 5.40. The third-order valence-corrected chi connectivity index (χ3v) is 3.17. The lowest BCUT2D eigenvalue weighted by Gasteiger charge is -2.38. The van der Waals surface area contributed by atoms with Gasteiger partial charge in [0.1, 0.15) is 23.3 Å². The Labute approximate surface area is 117 Å². The number of hydrogen-bond acceptors (Lipinski definition) is 6. The van der Waals surface area contributed by atoms with E-state index in [0.29, 0.717) is 12.8 Å². The molecule has 2 unspecified atom stereocenters. The largest absolute Gasteiger partial charge is 0.467 e. The van der Waals surface area contributed by atoms with Crippen LogP contribution >= 0.6 is 0 Å². The minimum absolute atomic E-state index is 0.0555. The number of carbonyl (C=O) groups excluding carboxylic acids is 2. The molecule has 0 aliphatic carbocycles. The van der Waals surface area contributed by atoms with Gasteiger partial charge in [-0.1, -0.05) is 12.7 Å². The molecular formula is C12H19N4O4+. The second-order valence-corrected chi connectivity index (χ2v) is 4.77. The predicted octanol–water partition coefficient (Wildman–Crippen LogP) is 1.26. The summed E-state index contributed by atoms with van der Waals surface area (Å²) in [5, 5.41) is 3.82. The molecule has 1 N–H and O–H groups in total. The zero-order chi connectivity index (χ0) is 15.2. The van der Waals surface area contributed by atoms with Crippen LogP contribution in [0.4, 0.5) is 4.79 Å². The fraction of sp³-hybridized carbons (Fsp3) is 0.667. The van der Waals surface area contributed by atoms with Gasteiger partial charge in [0, 0.05) is 0 Å². The average Bonchev–Trinajstić information content (AvgIpc) is 2.43. The van der Waals surface area contributed by atoms with E-state index < -0.39 is 23.6 Å². The van der Waals surface area contributed by atoms with Gasteiger partial charge in [-0.05, 0) is 19.8 Å². The first-order valence-electron chi connectivity index (χ1n) is 6.18. The average molecular weight is 283 g/mol. The Balaban J connectivity index is 2.93. The van der Waals surface area contributed by atoms with E-state index in [1.807, 2.05) is 0 Å². The number of likely N-dealkylation sites (tertiary alicyclic amines) is 1. The van der Waals surface area contributed by atoms with Crippen molar-refractivity contribution in [2.24, 2.45) is 5.11 Å². The van der Waals surface area contributed by atoms with Crippen molar-refractivity contribution in [3.63, 3.8) is 0 Å². The number of methoxy groups -OCH3 is 1. The minimum atomic E-state index is -0.702. The molecule has 1 fully saturated rings. The van der Waals surface area contributed by atoms with E-state index in [1.165, 1.54) is 18.1 Å². The molecule has 0 aromatic rings. The van der Waals surface area contributed by atoms with Crippen molar-refractivity contribution in [1.82, 2.24) is 9.81 Å². The molecule has 1 heterocycles. The van der Waals surface area contributed by atoms with Crippen molar-refractivity contribution in [2.45, 2.75) is 31.3 Å². The van der Waals surface area contributed by atoms with Crippen LogP contribution in [0.3, 0.4) is 0 Å². The Morgan fingerprint density at radius 2 is 2.35 bits per heavy atom. The van der Waals surface area contributed by atoms with Crippen LogP contribution in [-0.2, 0) is 14.3 Å². The molecule has 0 spiro atoms. The van der Waals surface area contributed by atoms with E-state index in [4.69, 9.17) is 15.0 Å². The van der Waals surface area contributed by atoms with Gasteiger partial charge in [0.15, 0.2) is 5.54 Å². The Morgan fingerprint density at radius 3 is 2.90 bits per heavy atom. The van der Waals surface area contributed by atoms with Gasteiger partial charge in [0.25, 0.3) is 0 Å². The van der Waals surface area contributed by atoms with Gasteiger partial charge in [-0.2, -0.15) is 0 Å². The van der Waals surface area contributed by atoms with Crippen LogP contribution in [0.25, 0.3) is 0 Å². The number of hydrogen-bond donors (Lipinski definition) is 1. The van der Waals surface area contributed by atoms with Crippen molar-refractivity contribution in [3.05, 3.63) is 12.7 Å². The van der Waals surface area contributed by atoms with E-state index in [1.54, 1.807) is 6.92 Å². The van der Waals surface area contributed by atoms with Gasteiger partial charge in [0.05, 0.1) is 13.7 Å². The van der Waals surface area contributed by atoms with Crippen molar-refractivity contribution < 1.29 is 19.1 Å². The second-order valence-electron chi connectivity index (χ2n) is 4.77. The number of piperidine rings is 1. The third-order valence-electron chi connectivity index (χ3n) is 3.17. The van der Waals surface area contributed by atoms with Gasteiger partial charge in [-0.15, -0.1) is 0 Å². The van der Waals surface area contributed by atoms with Crippen LogP contribution in [0.15, 0.2) is 17.8 Å². The molecule has 1 amide bonds. The summed E-state index contributed by atoms with van der Waals surface area (Å²) in [6.45, 7) is 5.43. The highest BCUT2D eigenvalue weighted by molar-refractivity contribution is 5.81. The summed E-state index contributed by atoms with van der Waals surface area (Å²) < 4.78 is 9.67. The van der Waals surface area contributed by atoms with E-state index in [0.717, 1.165) is 0 Å². The van der Waals surface area contributed by atoms with Gasteiger partial charge in [-0.3, -0.25) is 4.90 Å². The number of nitrogens with one attached hydrogen (secondary N) is 1. The van der Waals surface area contributed by atoms with Gasteiger partial charge < -0.3 is 9.47 Å². The molecule has 0 aromatic heterocycles. The highest BCUT2D eigenvalue weighted by Crippen LogP contribution is 2.29. The number of rotatable bonds is 4. The van der Waals surface area contributed by atoms with Crippen LogP contribution in [0, 0.1) is 5.53 Å². The summed E-state index contributed by atoms with van der Waals surface area (Å²) in [4.78, 5) is 28.1. The quantitative estimate of drug-likeness (QED) is 0.362. The zero-order valence-electron chi connectivity index (χ0n) is 11.7. The van der Waals surface area contributed by atoms with E-state index in [2.05, 4.69) is 16.6 Å². The van der Waals surface area contributed by atoms with E-state index >= 15 is 0 Å². The first-order valence-corrected chi connectivity index (χ1v) is 6.18. The van der Waals surface area contributed by atoms with Crippen LogP contribution < -0.4 is 4.91 Å². The Morgan fingerprint density at radius 1 is 1.65 bits per heavy atom. The van der Waals surface area contributed by atoms with Crippen molar-refractivity contribution in [3.8, 4) is 0 Å². The lowest BCUT2D eigenvalue weighted by atomic mass is 9.88. The lowest BCUT2D eigenvalue weighted by Crippen LogP contribution is -2.56. The molecule has 1 aliphatic heterocycles. The van der Waals surface area contributed by atoms with Crippen LogP contribution in [0.1, 0.15) is 19.8 Å². The maximum atomic E-state index is 12.0. The summed E-state index contributed by atoms with van der Waals surface area (Å²) in [6.07, 6.45) is 1.72. The minimum Gasteiger partial charge on any atom is -0.467 e. The number of amides is 1. The lowest BCUT2D eigenvalue weighted by molar-refractivity contribution is -0.148. The molecule has 20 heavy (non-hydrogen) atoms. The summed E-state index contributed by atoms with van der Waals surface area (Å²) >= 11 is 0. The van der Waals surface area contributed by atoms with Crippen LogP contribution in [0.5, 0.6) is 0 Å². The standard InChI is InChI=1S/C12H19N4O4/c1-4-7-20-11(18)16-8-12(2,14-15-13)6-5-9(16)10(17)19-3/h4,9,13H,1,5-8H2,2-3H3/q+1. The highest BCUT2D eigenvalue weighted by Gasteiger charge is 2.45. The van der Waals surface area contributed by atoms with Crippen molar-refractivity contribution >= 4 is 12.1 Å². The SMILES string of the molecule is C=CCOC(=O)N1CC(C)(N=[N+]=N)CCC1C(=O)OC. The molecule has 0 radical (unpaired) electrons. The zero-order valence-corrected chi connectivity index (χ0v) is 11.7. The monoisotopic (exact) mass is 283 g/mol. The molecule has 2 atom stereocenters. The topological polar surface area (TPSA) is 106 Å². The predicted molar refractivity (Wildman–Crippen MR) is 69.0 cm³/mol. The molecular weight excluding hydrogens is 264 g/mol. The number of carbonyl (C=O) groups is 2. The fourth-order valence-electron chi connectivity index (χ4n) is 2.15. The number of esters is 1. The van der Waals surface area contributed by atoms with Crippen molar-refractivity contribution in [2.75, 3.05) is 20.3 Å². The Bertz CT molecular complexity index is 447. The molecule has 8 nitrogen and oxygen atoms in total. The maximum absolute atomic E-state index is 12.0. The first kappa shape index (κ1) is 15.8. The summed E-state index contributed by atoms with van der Waals surface area (Å²) in [7, 11) is 1.27. The van der Waals surface area contributed by atoms with Crippen LogP contribution in [-0.4, -0.2) is 48.8 Å². The molecule has 110 valence electrons. The van der Waals surface area contributed by atoms with Crippen molar-refractivity contribution in [1.29, 1.82) is 5.53 Å². The summed E-state index contributed by atoms with van der Waals surface area (Å²) in [5.74, 6) is -0.495. The van der Waals surface area contributed by atoms with Gasteiger partial charge >= 0.3 is 12.1 Å². The molecule has 8 heteroatoms. The van der Waals surface area contributed by atoms with Crippen LogP contribution in [0.2, 0.25) is 0 Å². The number of nitrogens with zero attached hydrogens (tertiary/aromatic N) is 3. The van der Waals surface area contributed by atoms with Gasteiger partial charge in [-0.25, -0.2) is 9.59 Å². The second kappa shape index (κ2) is 6.81. The van der Waals surface area contributed by atoms with E-state index in [9.17, 15) is 9.59 Å². The number of ether oxygens (including phenoxy) is 2. The summed E-state index contributed by atoms with van der Waals surface area (Å²) in [6, 6.07) is -0.702. The normalized spacial score (nSPS) is 25.3.